The Kier molecular flexibility index (Phi) is 3.83. The first kappa shape index (κ1) is 13.6. The SMILES string of the molecule is OCC(Cc1ccccc1)Nc1nc2ccc(F)cc2[nH]1. The van der Waals surface area contributed by atoms with Crippen molar-refractivity contribution in [2.24, 2.45) is 0 Å². The number of hydrogen-bond donors (Lipinski definition) is 3. The van der Waals surface area contributed by atoms with E-state index in [0.29, 0.717) is 23.4 Å². The van der Waals surface area contributed by atoms with Crippen molar-refractivity contribution in [1.29, 1.82) is 0 Å². The van der Waals surface area contributed by atoms with Crippen LogP contribution >= 0.6 is 0 Å². The van der Waals surface area contributed by atoms with Crippen LogP contribution in [0.3, 0.4) is 0 Å². The number of fused-ring (bicyclic) bond motifs is 1. The van der Waals surface area contributed by atoms with Crippen molar-refractivity contribution in [3.8, 4) is 0 Å². The monoisotopic (exact) mass is 285 g/mol. The van der Waals surface area contributed by atoms with E-state index < -0.39 is 0 Å². The summed E-state index contributed by atoms with van der Waals surface area (Å²) in [4.78, 5) is 7.35. The lowest BCUT2D eigenvalue weighted by Crippen LogP contribution is -2.26. The van der Waals surface area contributed by atoms with Gasteiger partial charge in [0.05, 0.1) is 23.7 Å². The van der Waals surface area contributed by atoms with E-state index in [-0.39, 0.29) is 18.5 Å². The van der Waals surface area contributed by atoms with Crippen molar-refractivity contribution in [1.82, 2.24) is 9.97 Å². The standard InChI is InChI=1S/C16H16FN3O/c17-12-6-7-14-15(9-12)20-16(19-14)18-13(10-21)8-11-4-2-1-3-5-11/h1-7,9,13,21H,8,10H2,(H2,18,19,20). The van der Waals surface area contributed by atoms with Gasteiger partial charge < -0.3 is 15.4 Å². The van der Waals surface area contributed by atoms with Gasteiger partial charge in [-0.05, 0) is 30.2 Å². The van der Waals surface area contributed by atoms with Crippen LogP contribution in [0.15, 0.2) is 48.5 Å². The predicted octanol–water partition coefficient (Wildman–Crippen LogP) is 2.72. The van der Waals surface area contributed by atoms with E-state index in [0.717, 1.165) is 5.56 Å². The Hall–Kier alpha value is -2.40. The number of H-pyrrole nitrogens is 1. The molecule has 3 aromatic rings. The van der Waals surface area contributed by atoms with Gasteiger partial charge in [0.15, 0.2) is 0 Å². The van der Waals surface area contributed by atoms with Crippen LogP contribution in [0.5, 0.6) is 0 Å². The molecule has 0 spiro atoms. The largest absolute Gasteiger partial charge is 0.394 e. The molecule has 0 aliphatic rings. The molecule has 3 N–H and O–H groups in total. The summed E-state index contributed by atoms with van der Waals surface area (Å²) < 4.78 is 13.2. The fraction of sp³-hybridized carbons (Fsp3) is 0.188. The molecule has 4 nitrogen and oxygen atoms in total. The molecule has 1 heterocycles. The van der Waals surface area contributed by atoms with Crippen LogP contribution in [0.25, 0.3) is 11.0 Å². The van der Waals surface area contributed by atoms with E-state index >= 15 is 0 Å². The molecule has 1 unspecified atom stereocenters. The van der Waals surface area contributed by atoms with Crippen LogP contribution < -0.4 is 5.32 Å². The van der Waals surface area contributed by atoms with Crippen molar-refractivity contribution in [2.75, 3.05) is 11.9 Å². The van der Waals surface area contributed by atoms with Gasteiger partial charge in [0, 0.05) is 0 Å². The second kappa shape index (κ2) is 5.93. The Morgan fingerprint density at radius 1 is 1.19 bits per heavy atom. The molecule has 0 saturated carbocycles. The molecular weight excluding hydrogens is 269 g/mol. The maximum absolute atomic E-state index is 13.2. The first-order valence-electron chi connectivity index (χ1n) is 6.81. The summed E-state index contributed by atoms with van der Waals surface area (Å²) in [6.07, 6.45) is 0.683. The third-order valence-electron chi connectivity index (χ3n) is 3.33. The van der Waals surface area contributed by atoms with Crippen LogP contribution in [0.4, 0.5) is 10.3 Å². The Bertz CT molecular complexity index is 727. The lowest BCUT2D eigenvalue weighted by atomic mass is 10.1. The number of aliphatic hydroxyl groups is 1. The highest BCUT2D eigenvalue weighted by Crippen LogP contribution is 2.16. The number of anilines is 1. The Morgan fingerprint density at radius 2 is 2.00 bits per heavy atom. The number of nitrogens with zero attached hydrogens (tertiary/aromatic N) is 1. The lowest BCUT2D eigenvalue weighted by Gasteiger charge is -2.15. The van der Waals surface area contributed by atoms with Crippen molar-refractivity contribution in [3.05, 3.63) is 59.9 Å². The smallest absolute Gasteiger partial charge is 0.201 e. The maximum Gasteiger partial charge on any atom is 0.201 e. The normalized spacial score (nSPS) is 12.5. The zero-order chi connectivity index (χ0) is 14.7. The minimum absolute atomic E-state index is 0.0136. The van der Waals surface area contributed by atoms with Gasteiger partial charge >= 0.3 is 0 Å². The highest BCUT2D eigenvalue weighted by Gasteiger charge is 2.11. The van der Waals surface area contributed by atoms with E-state index in [4.69, 9.17) is 0 Å². The summed E-state index contributed by atoms with van der Waals surface area (Å²) >= 11 is 0. The second-order valence-electron chi connectivity index (χ2n) is 4.96. The molecule has 3 rings (SSSR count). The fourth-order valence-electron chi connectivity index (χ4n) is 2.30. The zero-order valence-corrected chi connectivity index (χ0v) is 11.4. The number of halogens is 1. The summed E-state index contributed by atoms with van der Waals surface area (Å²) in [6, 6.07) is 14.2. The molecule has 0 amide bonds. The number of benzene rings is 2. The van der Waals surface area contributed by atoms with Crippen LogP contribution in [0.1, 0.15) is 5.56 Å². The summed E-state index contributed by atoms with van der Waals surface area (Å²) in [6.45, 7) is -0.0136. The quantitative estimate of drug-likeness (QED) is 0.675. The molecule has 0 fully saturated rings. The zero-order valence-electron chi connectivity index (χ0n) is 11.4. The molecule has 0 bridgehead atoms. The van der Waals surface area contributed by atoms with Gasteiger partial charge in [-0.3, -0.25) is 0 Å². The van der Waals surface area contributed by atoms with Crippen molar-refractivity contribution in [2.45, 2.75) is 12.5 Å². The molecule has 108 valence electrons. The van der Waals surface area contributed by atoms with Gasteiger partial charge in [0.2, 0.25) is 5.95 Å². The van der Waals surface area contributed by atoms with Gasteiger partial charge in [-0.1, -0.05) is 30.3 Å². The molecule has 0 radical (unpaired) electrons. The minimum Gasteiger partial charge on any atom is -0.394 e. The summed E-state index contributed by atoms with van der Waals surface area (Å²) in [5.74, 6) is 0.228. The van der Waals surface area contributed by atoms with Gasteiger partial charge in [0.1, 0.15) is 5.82 Å². The van der Waals surface area contributed by atoms with Crippen molar-refractivity contribution >= 4 is 17.0 Å². The summed E-state index contributed by atoms with van der Waals surface area (Å²) in [5.41, 5.74) is 2.45. The second-order valence-corrected chi connectivity index (χ2v) is 4.96. The molecule has 2 aromatic carbocycles. The van der Waals surface area contributed by atoms with Crippen LogP contribution in [0.2, 0.25) is 0 Å². The number of aliphatic hydroxyl groups excluding tert-OH is 1. The van der Waals surface area contributed by atoms with Gasteiger partial charge in [-0.15, -0.1) is 0 Å². The maximum atomic E-state index is 13.2. The first-order valence-corrected chi connectivity index (χ1v) is 6.81. The van der Waals surface area contributed by atoms with Crippen LogP contribution in [-0.2, 0) is 6.42 Å². The molecule has 0 saturated heterocycles. The fourth-order valence-corrected chi connectivity index (χ4v) is 2.30. The van der Waals surface area contributed by atoms with Crippen molar-refractivity contribution in [3.63, 3.8) is 0 Å². The molecule has 0 aliphatic carbocycles. The highest BCUT2D eigenvalue weighted by molar-refractivity contribution is 5.77. The Morgan fingerprint density at radius 3 is 2.76 bits per heavy atom. The minimum atomic E-state index is -0.305. The number of aromatic nitrogens is 2. The molecule has 21 heavy (non-hydrogen) atoms. The van der Waals surface area contributed by atoms with E-state index in [1.165, 1.54) is 12.1 Å². The molecule has 1 atom stereocenters. The van der Waals surface area contributed by atoms with E-state index in [1.54, 1.807) is 6.07 Å². The number of aromatic amines is 1. The highest BCUT2D eigenvalue weighted by atomic mass is 19.1. The van der Waals surface area contributed by atoms with E-state index in [9.17, 15) is 9.50 Å². The summed E-state index contributed by atoms with van der Waals surface area (Å²) in [7, 11) is 0. The number of hydrogen-bond acceptors (Lipinski definition) is 3. The third kappa shape index (κ3) is 3.20. The van der Waals surface area contributed by atoms with Gasteiger partial charge in [-0.25, -0.2) is 9.37 Å². The Balaban J connectivity index is 1.76. The van der Waals surface area contributed by atoms with Crippen LogP contribution in [0, 0.1) is 5.82 Å². The first-order chi connectivity index (χ1) is 10.2. The molecular formula is C16H16FN3O. The van der Waals surface area contributed by atoms with E-state index in [2.05, 4.69) is 15.3 Å². The number of rotatable bonds is 5. The molecule has 1 aromatic heterocycles. The molecule has 0 aliphatic heterocycles. The third-order valence-corrected chi connectivity index (χ3v) is 3.33. The predicted molar refractivity (Wildman–Crippen MR) is 80.7 cm³/mol. The topological polar surface area (TPSA) is 60.9 Å². The van der Waals surface area contributed by atoms with E-state index in [1.807, 2.05) is 30.3 Å². The Labute approximate surface area is 121 Å². The van der Waals surface area contributed by atoms with Gasteiger partial charge in [0.25, 0.3) is 0 Å². The lowest BCUT2D eigenvalue weighted by molar-refractivity contribution is 0.273. The number of nitrogens with one attached hydrogen (secondary N) is 2. The summed E-state index contributed by atoms with van der Waals surface area (Å²) in [5, 5.41) is 12.7. The van der Waals surface area contributed by atoms with Crippen molar-refractivity contribution < 1.29 is 9.50 Å². The average molecular weight is 285 g/mol. The number of imidazole rings is 1. The molecule has 5 heteroatoms. The van der Waals surface area contributed by atoms with Crippen LogP contribution in [-0.4, -0.2) is 27.7 Å². The average Bonchev–Trinajstić information content (AvgIpc) is 2.89. The van der Waals surface area contributed by atoms with Gasteiger partial charge in [-0.2, -0.15) is 0 Å².